The smallest absolute Gasteiger partial charge is 0.407 e. The molecule has 1 N–H and O–H groups in total. The van der Waals surface area contributed by atoms with Crippen molar-refractivity contribution in [3.63, 3.8) is 0 Å². The molecule has 2 unspecified atom stereocenters. The van der Waals surface area contributed by atoms with E-state index >= 15 is 0 Å². The third kappa shape index (κ3) is 4.21. The number of hydrogen-bond acceptors (Lipinski definition) is 4. The Hall–Kier alpha value is -2.04. The molecule has 0 radical (unpaired) electrons. The summed E-state index contributed by atoms with van der Waals surface area (Å²) in [6, 6.07) is 7.37. The first-order valence-electron chi connectivity index (χ1n) is 6.98. The number of carbonyl (C=O) groups excluding carboxylic acids is 2. The normalized spacial score (nSPS) is 20.6. The molecule has 1 aliphatic carbocycles. The van der Waals surface area contributed by atoms with Gasteiger partial charge in [0.2, 0.25) is 0 Å². The van der Waals surface area contributed by atoms with Gasteiger partial charge in [-0.05, 0) is 44.9 Å². The van der Waals surface area contributed by atoms with E-state index in [0.717, 1.165) is 12.0 Å². The van der Waals surface area contributed by atoms with Gasteiger partial charge in [0.1, 0.15) is 5.60 Å². The van der Waals surface area contributed by atoms with Crippen LogP contribution >= 0.6 is 0 Å². The van der Waals surface area contributed by atoms with Crippen LogP contribution in [0.15, 0.2) is 24.3 Å². The number of ether oxygens (including phenoxy) is 2. The lowest BCUT2D eigenvalue weighted by molar-refractivity contribution is 0.0521. The predicted molar refractivity (Wildman–Crippen MR) is 78.3 cm³/mol. The minimum Gasteiger partial charge on any atom is -0.465 e. The number of hydrogen-bond donors (Lipinski definition) is 1. The Morgan fingerprint density at radius 1 is 1.29 bits per heavy atom. The summed E-state index contributed by atoms with van der Waals surface area (Å²) in [6.07, 6.45) is 0.447. The average Bonchev–Trinajstić information content (AvgIpc) is 3.14. The summed E-state index contributed by atoms with van der Waals surface area (Å²) in [5.74, 6) is -0.128. The van der Waals surface area contributed by atoms with E-state index in [4.69, 9.17) is 9.47 Å². The predicted octanol–water partition coefficient (Wildman–Crippen LogP) is 2.85. The summed E-state index contributed by atoms with van der Waals surface area (Å²) in [6.45, 7) is 5.49. The monoisotopic (exact) mass is 291 g/mol. The lowest BCUT2D eigenvalue weighted by atomic mass is 10.1. The Balaban J connectivity index is 1.94. The van der Waals surface area contributed by atoms with Crippen molar-refractivity contribution in [2.45, 2.75) is 44.8 Å². The SMILES string of the molecule is COC(=O)c1cccc(C2CC2NC(=O)OC(C)(C)C)c1. The molecule has 1 aromatic rings. The molecule has 21 heavy (non-hydrogen) atoms. The van der Waals surface area contributed by atoms with E-state index in [1.54, 1.807) is 6.07 Å². The molecule has 2 rings (SSSR count). The molecule has 114 valence electrons. The lowest BCUT2D eigenvalue weighted by Gasteiger charge is -2.19. The van der Waals surface area contributed by atoms with Gasteiger partial charge in [-0.25, -0.2) is 9.59 Å². The van der Waals surface area contributed by atoms with E-state index in [-0.39, 0.29) is 17.9 Å². The second kappa shape index (κ2) is 5.76. The van der Waals surface area contributed by atoms with Gasteiger partial charge in [0.15, 0.2) is 0 Å². The van der Waals surface area contributed by atoms with Crippen LogP contribution in [0.25, 0.3) is 0 Å². The molecule has 5 heteroatoms. The van der Waals surface area contributed by atoms with Crippen molar-refractivity contribution >= 4 is 12.1 Å². The van der Waals surface area contributed by atoms with E-state index in [2.05, 4.69) is 5.32 Å². The van der Waals surface area contributed by atoms with Gasteiger partial charge < -0.3 is 14.8 Å². The van der Waals surface area contributed by atoms with Crippen LogP contribution in [0.4, 0.5) is 4.79 Å². The molecule has 5 nitrogen and oxygen atoms in total. The maximum absolute atomic E-state index is 11.7. The first-order chi connectivity index (χ1) is 9.80. The highest BCUT2D eigenvalue weighted by Crippen LogP contribution is 2.41. The molecule has 0 bridgehead atoms. The summed E-state index contributed by atoms with van der Waals surface area (Å²) in [5.41, 5.74) is 1.05. The van der Waals surface area contributed by atoms with Crippen molar-refractivity contribution in [2.75, 3.05) is 7.11 Å². The third-order valence-corrected chi connectivity index (χ3v) is 3.23. The highest BCUT2D eigenvalue weighted by molar-refractivity contribution is 5.89. The number of carbonyl (C=O) groups is 2. The molecular formula is C16H21NO4. The van der Waals surface area contributed by atoms with Crippen LogP contribution in [0.5, 0.6) is 0 Å². The molecule has 1 saturated carbocycles. The Kier molecular flexibility index (Phi) is 4.21. The molecule has 1 aliphatic rings. The first kappa shape index (κ1) is 15.4. The van der Waals surface area contributed by atoms with Gasteiger partial charge in [0, 0.05) is 12.0 Å². The molecule has 0 aliphatic heterocycles. The van der Waals surface area contributed by atoms with E-state index in [0.29, 0.717) is 5.56 Å². The van der Waals surface area contributed by atoms with Crippen LogP contribution in [0.3, 0.4) is 0 Å². The number of esters is 1. The Labute approximate surface area is 124 Å². The van der Waals surface area contributed by atoms with Gasteiger partial charge in [0.05, 0.1) is 12.7 Å². The molecule has 0 heterocycles. The number of nitrogens with one attached hydrogen (secondary N) is 1. The Morgan fingerprint density at radius 2 is 2.00 bits per heavy atom. The summed E-state index contributed by atoms with van der Waals surface area (Å²) < 4.78 is 9.94. The van der Waals surface area contributed by atoms with Crippen molar-refractivity contribution in [1.29, 1.82) is 0 Å². The maximum Gasteiger partial charge on any atom is 0.407 e. The highest BCUT2D eigenvalue weighted by Gasteiger charge is 2.40. The van der Waals surface area contributed by atoms with Gasteiger partial charge in [-0.15, -0.1) is 0 Å². The van der Waals surface area contributed by atoms with Gasteiger partial charge in [-0.2, -0.15) is 0 Å². The maximum atomic E-state index is 11.7. The topological polar surface area (TPSA) is 64.6 Å². The van der Waals surface area contributed by atoms with Crippen molar-refractivity contribution in [3.8, 4) is 0 Å². The summed E-state index contributed by atoms with van der Waals surface area (Å²) in [5, 5.41) is 2.84. The minimum atomic E-state index is -0.501. The zero-order valence-electron chi connectivity index (χ0n) is 12.8. The summed E-state index contributed by atoms with van der Waals surface area (Å²) in [4.78, 5) is 23.2. The second-order valence-corrected chi connectivity index (χ2v) is 6.21. The Morgan fingerprint density at radius 3 is 2.62 bits per heavy atom. The Bertz CT molecular complexity index is 547. The van der Waals surface area contributed by atoms with Gasteiger partial charge in [0.25, 0.3) is 0 Å². The minimum absolute atomic E-state index is 0.0627. The fourth-order valence-corrected chi connectivity index (χ4v) is 2.20. The molecule has 0 aromatic heterocycles. The quantitative estimate of drug-likeness (QED) is 0.870. The first-order valence-corrected chi connectivity index (χ1v) is 6.98. The molecular weight excluding hydrogens is 270 g/mol. The van der Waals surface area contributed by atoms with Gasteiger partial charge >= 0.3 is 12.1 Å². The highest BCUT2D eigenvalue weighted by atomic mass is 16.6. The zero-order chi connectivity index (χ0) is 15.6. The van der Waals surface area contributed by atoms with Gasteiger partial charge in [-0.1, -0.05) is 12.1 Å². The van der Waals surface area contributed by atoms with E-state index < -0.39 is 11.7 Å². The summed E-state index contributed by atoms with van der Waals surface area (Å²) in [7, 11) is 1.36. The van der Waals surface area contributed by atoms with Crippen molar-refractivity contribution in [3.05, 3.63) is 35.4 Å². The fraction of sp³-hybridized carbons (Fsp3) is 0.500. The van der Waals surface area contributed by atoms with Crippen LogP contribution in [-0.2, 0) is 9.47 Å². The molecule has 0 saturated heterocycles. The van der Waals surface area contributed by atoms with Crippen molar-refractivity contribution in [1.82, 2.24) is 5.32 Å². The van der Waals surface area contributed by atoms with Crippen LogP contribution < -0.4 is 5.32 Å². The van der Waals surface area contributed by atoms with Crippen LogP contribution in [-0.4, -0.2) is 30.8 Å². The second-order valence-electron chi connectivity index (χ2n) is 6.21. The molecule has 1 fully saturated rings. The average molecular weight is 291 g/mol. The number of amides is 1. The van der Waals surface area contributed by atoms with E-state index in [9.17, 15) is 9.59 Å². The van der Waals surface area contributed by atoms with Crippen molar-refractivity contribution in [2.24, 2.45) is 0 Å². The molecule has 1 amide bonds. The van der Waals surface area contributed by atoms with Gasteiger partial charge in [-0.3, -0.25) is 0 Å². The number of benzene rings is 1. The third-order valence-electron chi connectivity index (χ3n) is 3.23. The number of rotatable bonds is 3. The zero-order valence-corrected chi connectivity index (χ0v) is 12.8. The van der Waals surface area contributed by atoms with E-state index in [1.807, 2.05) is 39.0 Å². The largest absolute Gasteiger partial charge is 0.465 e. The van der Waals surface area contributed by atoms with Crippen LogP contribution in [0.2, 0.25) is 0 Å². The van der Waals surface area contributed by atoms with E-state index in [1.165, 1.54) is 7.11 Å². The van der Waals surface area contributed by atoms with Crippen LogP contribution in [0, 0.1) is 0 Å². The lowest BCUT2D eigenvalue weighted by Crippen LogP contribution is -2.34. The van der Waals surface area contributed by atoms with Crippen molar-refractivity contribution < 1.29 is 19.1 Å². The molecule has 0 spiro atoms. The molecule has 1 aromatic carbocycles. The summed E-state index contributed by atoms with van der Waals surface area (Å²) >= 11 is 0. The van der Waals surface area contributed by atoms with Crippen LogP contribution in [0.1, 0.15) is 49.0 Å². The molecule has 2 atom stereocenters. The standard InChI is InChI=1S/C16H21NO4/c1-16(2,3)21-15(19)17-13-9-12(13)10-6-5-7-11(8-10)14(18)20-4/h5-8,12-13H,9H2,1-4H3,(H,17,19). The number of methoxy groups -OCH3 is 1. The number of alkyl carbamates (subject to hydrolysis) is 1. The fourth-order valence-electron chi connectivity index (χ4n) is 2.20.